The summed E-state index contributed by atoms with van der Waals surface area (Å²) >= 11 is 9.10. The standard InChI is InChI=1S/C22H21BrClF2N3O3/c1-22-7-4-8-29(22)28(11-12-5-2-3-6-14(12)24)21(32)17(19(22)30)20(31)27-13-9-15(25)18(23)16(26)10-13/h2-3,5-6,9,13,30H,4,7-8,10-11H2,1H3,(H,27,31). The molecule has 10 heteroatoms. The van der Waals surface area contributed by atoms with Crippen molar-refractivity contribution in [3.05, 3.63) is 68.4 Å². The van der Waals surface area contributed by atoms with E-state index in [1.54, 1.807) is 36.2 Å². The van der Waals surface area contributed by atoms with Crippen molar-refractivity contribution in [1.82, 2.24) is 15.3 Å². The number of nitrogens with zero attached hydrogens (tertiary/aromatic N) is 2. The molecule has 6 nitrogen and oxygen atoms in total. The Kier molecular flexibility index (Phi) is 6.17. The average molecular weight is 529 g/mol. The van der Waals surface area contributed by atoms with E-state index < -0.39 is 40.6 Å². The van der Waals surface area contributed by atoms with Crippen LogP contribution in [-0.4, -0.2) is 45.1 Å². The van der Waals surface area contributed by atoms with Gasteiger partial charge < -0.3 is 10.4 Å². The van der Waals surface area contributed by atoms with Gasteiger partial charge in [0.1, 0.15) is 23.0 Å². The highest BCUT2D eigenvalue weighted by atomic mass is 79.9. The molecule has 1 saturated heterocycles. The minimum Gasteiger partial charge on any atom is -0.509 e. The average Bonchev–Trinajstić information content (AvgIpc) is 3.14. The largest absolute Gasteiger partial charge is 0.509 e. The maximum atomic E-state index is 13.9. The topological polar surface area (TPSA) is 72.9 Å². The SMILES string of the molecule is CC12CCCN1N(Cc1ccccc1Cl)C(=O)C(C(=O)NC1C=C(F)C(Br)=C(F)C1)=C2O. The summed E-state index contributed by atoms with van der Waals surface area (Å²) < 4.78 is 27.6. The molecule has 170 valence electrons. The number of hydrogen-bond donors (Lipinski definition) is 2. The van der Waals surface area contributed by atoms with Gasteiger partial charge in [-0.05, 0) is 53.4 Å². The molecule has 2 heterocycles. The van der Waals surface area contributed by atoms with Crippen LogP contribution in [0.5, 0.6) is 0 Å². The van der Waals surface area contributed by atoms with E-state index in [0.29, 0.717) is 30.0 Å². The number of carbonyl (C=O) groups excluding carboxylic acids is 2. The van der Waals surface area contributed by atoms with Gasteiger partial charge in [-0.2, -0.15) is 0 Å². The first-order chi connectivity index (χ1) is 15.1. The second-order valence-corrected chi connectivity index (χ2v) is 9.40. The number of amides is 2. The van der Waals surface area contributed by atoms with E-state index in [1.165, 1.54) is 5.01 Å². The number of aliphatic hydroxyl groups excluding tert-OH is 1. The Hall–Kier alpha value is -2.23. The van der Waals surface area contributed by atoms with Gasteiger partial charge in [-0.25, -0.2) is 13.8 Å². The van der Waals surface area contributed by atoms with Crippen molar-refractivity contribution in [3.8, 4) is 0 Å². The summed E-state index contributed by atoms with van der Waals surface area (Å²) in [6.45, 7) is 2.39. The summed E-state index contributed by atoms with van der Waals surface area (Å²) in [6.07, 6.45) is 2.03. The van der Waals surface area contributed by atoms with Crippen LogP contribution in [0, 0.1) is 0 Å². The third-order valence-corrected chi connectivity index (χ3v) is 7.28. The molecule has 0 bridgehead atoms. The summed E-state index contributed by atoms with van der Waals surface area (Å²) in [6, 6.07) is 6.06. The molecule has 2 aliphatic heterocycles. The summed E-state index contributed by atoms with van der Waals surface area (Å²) in [5.74, 6) is -3.52. The Balaban J connectivity index is 1.66. The predicted molar refractivity (Wildman–Crippen MR) is 119 cm³/mol. The molecule has 2 unspecified atom stereocenters. The third-order valence-electron chi connectivity index (χ3n) is 6.11. The van der Waals surface area contributed by atoms with Gasteiger partial charge >= 0.3 is 0 Å². The maximum absolute atomic E-state index is 13.9. The predicted octanol–water partition coefficient (Wildman–Crippen LogP) is 4.58. The van der Waals surface area contributed by atoms with Crippen molar-refractivity contribution in [2.45, 2.75) is 44.3 Å². The van der Waals surface area contributed by atoms with Gasteiger partial charge in [-0.15, -0.1) is 0 Å². The molecule has 0 spiro atoms. The van der Waals surface area contributed by atoms with E-state index in [0.717, 1.165) is 6.08 Å². The maximum Gasteiger partial charge on any atom is 0.277 e. The second kappa shape index (κ2) is 8.61. The Morgan fingerprint density at radius 2 is 2.09 bits per heavy atom. The first-order valence-corrected chi connectivity index (χ1v) is 11.3. The number of benzene rings is 1. The molecule has 0 radical (unpaired) electrons. The summed E-state index contributed by atoms with van der Waals surface area (Å²) in [5.41, 5.74) is -0.697. The molecule has 2 amide bonds. The summed E-state index contributed by atoms with van der Waals surface area (Å²) in [5, 5.41) is 17.1. The van der Waals surface area contributed by atoms with Gasteiger partial charge in [0, 0.05) is 18.0 Å². The zero-order valence-corrected chi connectivity index (χ0v) is 19.5. The molecular formula is C22H21BrClF2N3O3. The van der Waals surface area contributed by atoms with Gasteiger partial charge in [0.2, 0.25) is 0 Å². The van der Waals surface area contributed by atoms with Crippen LogP contribution >= 0.6 is 27.5 Å². The number of nitrogens with one attached hydrogen (secondary N) is 1. The molecule has 1 aliphatic carbocycles. The molecule has 2 N–H and O–H groups in total. The minimum atomic E-state index is -0.997. The fraction of sp³-hybridized carbons (Fsp3) is 0.364. The Labute approximate surface area is 197 Å². The highest BCUT2D eigenvalue weighted by molar-refractivity contribution is 9.12. The fourth-order valence-corrected chi connectivity index (χ4v) is 4.88. The fourth-order valence-electron chi connectivity index (χ4n) is 4.39. The third kappa shape index (κ3) is 3.86. The highest BCUT2D eigenvalue weighted by Gasteiger charge is 2.52. The molecular weight excluding hydrogens is 508 g/mol. The Bertz CT molecular complexity index is 1090. The van der Waals surface area contributed by atoms with Crippen molar-refractivity contribution in [2.75, 3.05) is 6.54 Å². The molecule has 1 aromatic carbocycles. The number of hydrazine groups is 1. The van der Waals surface area contributed by atoms with Gasteiger partial charge in [-0.1, -0.05) is 29.8 Å². The van der Waals surface area contributed by atoms with E-state index in [-0.39, 0.29) is 23.2 Å². The van der Waals surface area contributed by atoms with E-state index in [9.17, 15) is 23.5 Å². The van der Waals surface area contributed by atoms with Crippen LogP contribution in [0.3, 0.4) is 0 Å². The smallest absolute Gasteiger partial charge is 0.277 e. The van der Waals surface area contributed by atoms with E-state index in [2.05, 4.69) is 21.2 Å². The zero-order chi connectivity index (χ0) is 23.2. The van der Waals surface area contributed by atoms with Crippen LogP contribution < -0.4 is 5.32 Å². The summed E-state index contributed by atoms with van der Waals surface area (Å²) in [7, 11) is 0. The van der Waals surface area contributed by atoms with Crippen molar-refractivity contribution in [1.29, 1.82) is 0 Å². The first kappa shape index (κ1) is 22.9. The lowest BCUT2D eigenvalue weighted by molar-refractivity contribution is -0.161. The van der Waals surface area contributed by atoms with Crippen molar-refractivity contribution in [2.24, 2.45) is 0 Å². The number of halogens is 4. The van der Waals surface area contributed by atoms with Crippen LogP contribution in [-0.2, 0) is 16.1 Å². The summed E-state index contributed by atoms with van der Waals surface area (Å²) in [4.78, 5) is 26.4. The lowest BCUT2D eigenvalue weighted by atomic mass is 9.90. The van der Waals surface area contributed by atoms with Gasteiger partial charge in [0.15, 0.2) is 0 Å². The molecule has 1 aromatic rings. The normalized spacial score (nSPS) is 26.4. The second-order valence-electron chi connectivity index (χ2n) is 8.20. The number of allylic oxidation sites excluding steroid dienone is 2. The molecule has 2 atom stereocenters. The quantitative estimate of drug-likeness (QED) is 0.561. The van der Waals surface area contributed by atoms with Crippen molar-refractivity contribution >= 4 is 39.3 Å². The van der Waals surface area contributed by atoms with Crippen LogP contribution in [0.1, 0.15) is 31.7 Å². The van der Waals surface area contributed by atoms with Crippen molar-refractivity contribution in [3.63, 3.8) is 0 Å². The van der Waals surface area contributed by atoms with E-state index in [1.807, 2.05) is 0 Å². The molecule has 4 rings (SSSR count). The zero-order valence-electron chi connectivity index (χ0n) is 17.2. The number of carbonyl (C=O) groups is 2. The molecule has 32 heavy (non-hydrogen) atoms. The van der Waals surface area contributed by atoms with E-state index >= 15 is 0 Å². The van der Waals surface area contributed by atoms with Crippen molar-refractivity contribution < 1.29 is 23.5 Å². The first-order valence-electron chi connectivity index (χ1n) is 10.1. The van der Waals surface area contributed by atoms with Crippen LogP contribution in [0.4, 0.5) is 8.78 Å². The Morgan fingerprint density at radius 3 is 2.78 bits per heavy atom. The van der Waals surface area contributed by atoms with Crippen LogP contribution in [0.15, 0.2) is 57.8 Å². The van der Waals surface area contributed by atoms with Crippen LogP contribution in [0.25, 0.3) is 0 Å². The Morgan fingerprint density at radius 1 is 1.38 bits per heavy atom. The van der Waals surface area contributed by atoms with Crippen LogP contribution in [0.2, 0.25) is 5.02 Å². The molecule has 3 aliphatic rings. The van der Waals surface area contributed by atoms with Gasteiger partial charge in [0.25, 0.3) is 11.8 Å². The number of hydrogen-bond acceptors (Lipinski definition) is 4. The van der Waals surface area contributed by atoms with Gasteiger partial charge in [-0.3, -0.25) is 14.6 Å². The van der Waals surface area contributed by atoms with E-state index in [4.69, 9.17) is 11.6 Å². The number of fused-ring (bicyclic) bond motifs is 1. The monoisotopic (exact) mass is 527 g/mol. The molecule has 1 fully saturated rings. The molecule has 0 saturated carbocycles. The van der Waals surface area contributed by atoms with Gasteiger partial charge in [0.05, 0.1) is 22.6 Å². The number of aliphatic hydroxyl groups is 1. The molecule has 0 aromatic heterocycles. The lowest BCUT2D eigenvalue weighted by Crippen LogP contribution is -2.61. The minimum absolute atomic E-state index is 0.112. The highest BCUT2D eigenvalue weighted by Crippen LogP contribution is 2.42. The number of rotatable bonds is 4. The lowest BCUT2D eigenvalue weighted by Gasteiger charge is -2.46.